The molecule has 1 atom stereocenters. The van der Waals surface area contributed by atoms with Crippen LogP contribution in [0, 0.1) is 0 Å². The molecule has 112 valence electrons. The van der Waals surface area contributed by atoms with Gasteiger partial charge in [0.2, 0.25) is 11.9 Å². The van der Waals surface area contributed by atoms with Crippen molar-refractivity contribution >= 4 is 28.7 Å². The molecule has 0 aliphatic rings. The van der Waals surface area contributed by atoms with Gasteiger partial charge < -0.3 is 16.4 Å². The summed E-state index contributed by atoms with van der Waals surface area (Å²) in [6.45, 7) is 5.98. The molecule has 7 nitrogen and oxygen atoms in total. The van der Waals surface area contributed by atoms with Crippen LogP contribution < -0.4 is 16.4 Å². The van der Waals surface area contributed by atoms with E-state index in [0.29, 0.717) is 17.9 Å². The molecule has 0 spiro atoms. The Bertz CT molecular complexity index is 657. The van der Waals surface area contributed by atoms with Crippen molar-refractivity contribution in [3.63, 3.8) is 0 Å². The fraction of sp³-hybridized carbons (Fsp3) is 0.429. The van der Waals surface area contributed by atoms with Gasteiger partial charge in [0.05, 0.1) is 5.52 Å². The van der Waals surface area contributed by atoms with E-state index in [1.807, 2.05) is 19.2 Å². The fourth-order valence-electron chi connectivity index (χ4n) is 1.95. The van der Waals surface area contributed by atoms with Crippen LogP contribution in [0.25, 0.3) is 11.0 Å². The summed E-state index contributed by atoms with van der Waals surface area (Å²) in [6, 6.07) is 1.96. The van der Waals surface area contributed by atoms with E-state index < -0.39 is 0 Å². The molecule has 0 unspecified atom stereocenters. The number of aromatic nitrogens is 3. The van der Waals surface area contributed by atoms with E-state index in [2.05, 4.69) is 32.5 Å². The second kappa shape index (κ2) is 6.34. The molecule has 0 aliphatic heterocycles. The number of hydrogen-bond donors (Lipinski definition) is 3. The first-order valence-electron chi connectivity index (χ1n) is 6.92. The molecule has 0 bridgehead atoms. The molecule has 4 N–H and O–H groups in total. The van der Waals surface area contributed by atoms with E-state index in [1.165, 1.54) is 6.92 Å². The zero-order valence-corrected chi connectivity index (χ0v) is 12.5. The minimum atomic E-state index is -0.0681. The number of amides is 1. The highest BCUT2D eigenvalue weighted by Crippen LogP contribution is 2.20. The number of nitrogens with two attached hydrogens (primary N) is 1. The third kappa shape index (κ3) is 3.77. The maximum absolute atomic E-state index is 10.9. The van der Waals surface area contributed by atoms with Gasteiger partial charge in [-0.2, -0.15) is 4.98 Å². The van der Waals surface area contributed by atoms with Gasteiger partial charge in [-0.3, -0.25) is 9.78 Å². The molecule has 7 heteroatoms. The van der Waals surface area contributed by atoms with E-state index in [4.69, 9.17) is 5.73 Å². The summed E-state index contributed by atoms with van der Waals surface area (Å²) in [6.07, 6.45) is 2.69. The number of hydrogen-bond acceptors (Lipinski definition) is 6. The smallest absolute Gasteiger partial charge is 0.222 e. The van der Waals surface area contributed by atoms with Gasteiger partial charge in [-0.25, -0.2) is 4.98 Å². The number of fused-ring (bicyclic) bond motifs is 1. The maximum Gasteiger partial charge on any atom is 0.222 e. The van der Waals surface area contributed by atoms with E-state index in [-0.39, 0.29) is 17.9 Å². The normalized spacial score (nSPS) is 12.1. The van der Waals surface area contributed by atoms with Gasteiger partial charge in [-0.1, -0.05) is 6.92 Å². The second-order valence-electron chi connectivity index (χ2n) is 4.98. The summed E-state index contributed by atoms with van der Waals surface area (Å²) < 4.78 is 0. The van der Waals surface area contributed by atoms with Crippen LogP contribution in [0.2, 0.25) is 0 Å². The molecule has 2 aromatic heterocycles. The lowest BCUT2D eigenvalue weighted by Gasteiger charge is -2.16. The lowest BCUT2D eigenvalue weighted by atomic mass is 10.2. The highest BCUT2D eigenvalue weighted by molar-refractivity contribution is 5.86. The van der Waals surface area contributed by atoms with Crippen LogP contribution in [-0.4, -0.2) is 33.4 Å². The highest BCUT2D eigenvalue weighted by Gasteiger charge is 2.11. The Kier molecular flexibility index (Phi) is 4.52. The molecule has 1 amide bonds. The minimum absolute atomic E-state index is 0.000878. The molecule has 0 aliphatic carbocycles. The number of nitrogen functional groups attached to an aromatic ring is 1. The number of rotatable bonds is 5. The van der Waals surface area contributed by atoms with Gasteiger partial charge >= 0.3 is 0 Å². The van der Waals surface area contributed by atoms with E-state index >= 15 is 0 Å². The van der Waals surface area contributed by atoms with Crippen molar-refractivity contribution < 1.29 is 4.79 Å². The Labute approximate surface area is 123 Å². The third-order valence-electron chi connectivity index (χ3n) is 3.06. The number of pyridine rings is 1. The molecule has 0 saturated carbocycles. The standard InChI is InChI=1S/C14H20N6O/c1-4-10-5-11-12(17-7-10)13(20-14(15)19-11)18-8(2)6-16-9(3)21/h5,7-8H,4,6H2,1-3H3,(H,16,21)(H3,15,18,19,20)/t8-/m0/s1. The number of nitrogens with zero attached hydrogens (tertiary/aromatic N) is 3. The number of anilines is 2. The second-order valence-corrected chi connectivity index (χ2v) is 4.98. The number of nitrogens with one attached hydrogen (secondary N) is 2. The average molecular weight is 288 g/mol. The Morgan fingerprint density at radius 2 is 2.19 bits per heavy atom. The third-order valence-corrected chi connectivity index (χ3v) is 3.06. The first-order chi connectivity index (χ1) is 9.99. The molecular weight excluding hydrogens is 268 g/mol. The summed E-state index contributed by atoms with van der Waals surface area (Å²) in [7, 11) is 0. The zero-order valence-electron chi connectivity index (χ0n) is 12.5. The van der Waals surface area contributed by atoms with E-state index in [9.17, 15) is 4.79 Å². The predicted octanol–water partition coefficient (Wildman–Crippen LogP) is 1.11. The maximum atomic E-state index is 10.9. The van der Waals surface area contributed by atoms with Crippen molar-refractivity contribution in [2.75, 3.05) is 17.6 Å². The van der Waals surface area contributed by atoms with Crippen molar-refractivity contribution in [1.82, 2.24) is 20.3 Å². The molecule has 0 saturated heterocycles. The quantitative estimate of drug-likeness (QED) is 0.761. The molecule has 2 aromatic rings. The fourth-order valence-corrected chi connectivity index (χ4v) is 1.95. The SMILES string of the molecule is CCc1cnc2c(N[C@@H](C)CNC(C)=O)nc(N)nc2c1. The monoisotopic (exact) mass is 288 g/mol. The molecule has 0 fully saturated rings. The zero-order chi connectivity index (χ0) is 15.4. The average Bonchev–Trinajstić information content (AvgIpc) is 2.44. The lowest BCUT2D eigenvalue weighted by molar-refractivity contribution is -0.118. The Balaban J connectivity index is 2.28. The Morgan fingerprint density at radius 3 is 2.86 bits per heavy atom. The van der Waals surface area contributed by atoms with Crippen LogP contribution >= 0.6 is 0 Å². The first kappa shape index (κ1) is 15.0. The van der Waals surface area contributed by atoms with Crippen molar-refractivity contribution in [2.24, 2.45) is 0 Å². The van der Waals surface area contributed by atoms with Gasteiger partial charge in [-0.05, 0) is 25.0 Å². The molecule has 0 radical (unpaired) electrons. The van der Waals surface area contributed by atoms with Gasteiger partial charge in [0.25, 0.3) is 0 Å². The Morgan fingerprint density at radius 1 is 1.43 bits per heavy atom. The van der Waals surface area contributed by atoms with Gasteiger partial charge in [0.1, 0.15) is 5.52 Å². The van der Waals surface area contributed by atoms with Crippen molar-refractivity contribution in [3.05, 3.63) is 17.8 Å². The van der Waals surface area contributed by atoms with Gasteiger partial charge in [0.15, 0.2) is 5.82 Å². The van der Waals surface area contributed by atoms with Crippen LogP contribution in [0.15, 0.2) is 12.3 Å². The molecule has 0 aromatic carbocycles. The minimum Gasteiger partial charge on any atom is -0.368 e. The predicted molar refractivity (Wildman–Crippen MR) is 82.9 cm³/mol. The summed E-state index contributed by atoms with van der Waals surface area (Å²) in [5.41, 5.74) is 8.25. The van der Waals surface area contributed by atoms with Crippen LogP contribution in [0.5, 0.6) is 0 Å². The lowest BCUT2D eigenvalue weighted by Crippen LogP contribution is -2.33. The number of carbonyl (C=O) groups excluding carboxylic acids is 1. The topological polar surface area (TPSA) is 106 Å². The summed E-state index contributed by atoms with van der Waals surface area (Å²) >= 11 is 0. The highest BCUT2D eigenvalue weighted by atomic mass is 16.1. The van der Waals surface area contributed by atoms with Crippen molar-refractivity contribution in [1.29, 1.82) is 0 Å². The summed E-state index contributed by atoms with van der Waals surface area (Å²) in [4.78, 5) is 23.8. The largest absolute Gasteiger partial charge is 0.368 e. The summed E-state index contributed by atoms with van der Waals surface area (Å²) in [5, 5.41) is 5.96. The van der Waals surface area contributed by atoms with Crippen LogP contribution in [0.4, 0.5) is 11.8 Å². The van der Waals surface area contributed by atoms with E-state index in [0.717, 1.165) is 17.5 Å². The molecular formula is C14H20N6O. The number of aryl methyl sites for hydroxylation is 1. The van der Waals surface area contributed by atoms with Crippen molar-refractivity contribution in [3.8, 4) is 0 Å². The van der Waals surface area contributed by atoms with Crippen LogP contribution in [0.3, 0.4) is 0 Å². The van der Waals surface area contributed by atoms with Crippen LogP contribution in [0.1, 0.15) is 26.3 Å². The van der Waals surface area contributed by atoms with Crippen LogP contribution in [-0.2, 0) is 11.2 Å². The van der Waals surface area contributed by atoms with Gasteiger partial charge in [0, 0.05) is 25.7 Å². The van der Waals surface area contributed by atoms with E-state index in [1.54, 1.807) is 0 Å². The molecule has 2 rings (SSSR count). The van der Waals surface area contributed by atoms with Crippen molar-refractivity contribution in [2.45, 2.75) is 33.2 Å². The first-order valence-corrected chi connectivity index (χ1v) is 6.92. The summed E-state index contributed by atoms with van der Waals surface area (Å²) in [5.74, 6) is 0.714. The van der Waals surface area contributed by atoms with Gasteiger partial charge in [-0.15, -0.1) is 0 Å². The Hall–Kier alpha value is -2.44. The number of carbonyl (C=O) groups is 1. The molecule has 2 heterocycles. The molecule has 21 heavy (non-hydrogen) atoms.